The van der Waals surface area contributed by atoms with Gasteiger partial charge in [-0.25, -0.2) is 4.79 Å². The van der Waals surface area contributed by atoms with E-state index < -0.39 is 18.0 Å². The van der Waals surface area contributed by atoms with Crippen LogP contribution in [0, 0.1) is 5.92 Å². The predicted octanol–water partition coefficient (Wildman–Crippen LogP) is 1.21. The molecule has 0 radical (unpaired) electrons. The van der Waals surface area contributed by atoms with Gasteiger partial charge in [0, 0.05) is 18.1 Å². The Morgan fingerprint density at radius 2 is 2.14 bits per heavy atom. The van der Waals surface area contributed by atoms with Crippen molar-refractivity contribution in [1.29, 1.82) is 0 Å². The number of hydrogen-bond donors (Lipinski definition) is 2. The van der Waals surface area contributed by atoms with Crippen molar-refractivity contribution < 1.29 is 24.3 Å². The number of carbonyl (C=O) groups is 2. The Morgan fingerprint density at radius 1 is 1.45 bits per heavy atom. The molecule has 118 valence electrons. The fraction of sp³-hybridized carbons (Fsp3) is 0.533. The maximum atomic E-state index is 12.1. The summed E-state index contributed by atoms with van der Waals surface area (Å²) in [5, 5.41) is 23.1. The summed E-state index contributed by atoms with van der Waals surface area (Å²) in [6, 6.07) is 1.40. The zero-order chi connectivity index (χ0) is 16.2. The lowest BCUT2D eigenvalue weighted by molar-refractivity contribution is -0.161. The molecule has 0 unspecified atom stereocenters. The van der Waals surface area contributed by atoms with Crippen molar-refractivity contribution in [3.05, 3.63) is 23.2 Å². The van der Waals surface area contributed by atoms with Crippen LogP contribution < -0.4 is 0 Å². The highest BCUT2D eigenvalue weighted by molar-refractivity contribution is 6.05. The topological polar surface area (TPSA) is 104 Å². The first-order valence-corrected chi connectivity index (χ1v) is 7.27. The Kier molecular flexibility index (Phi) is 3.32. The molecule has 1 aromatic heterocycles. The molecule has 0 aromatic carbocycles. The zero-order valence-corrected chi connectivity index (χ0v) is 12.6. The molecule has 3 rings (SSSR count). The summed E-state index contributed by atoms with van der Waals surface area (Å²) in [4.78, 5) is 24.9. The Bertz CT molecular complexity index is 673. The summed E-state index contributed by atoms with van der Waals surface area (Å²) in [5.74, 6) is -1.53. The number of carboxylic acid groups (broad SMARTS) is 1. The number of aliphatic hydroxyl groups excluding tert-OH is 1. The molecule has 2 aliphatic rings. The summed E-state index contributed by atoms with van der Waals surface area (Å²) in [5.41, 5.74) is 1.15. The first kappa shape index (κ1) is 14.8. The van der Waals surface area contributed by atoms with Crippen LogP contribution in [0.25, 0.3) is 5.57 Å². The molecular weight excluding hydrogens is 288 g/mol. The van der Waals surface area contributed by atoms with Crippen LogP contribution in [0.4, 0.5) is 0 Å². The van der Waals surface area contributed by atoms with E-state index in [1.807, 2.05) is 13.8 Å². The summed E-state index contributed by atoms with van der Waals surface area (Å²) in [6.45, 7) is 5.47. The monoisotopic (exact) mass is 306 g/mol. The number of amides is 1. The van der Waals surface area contributed by atoms with Crippen LogP contribution in [-0.4, -0.2) is 44.3 Å². The Labute approximate surface area is 127 Å². The van der Waals surface area contributed by atoms with Crippen molar-refractivity contribution in [1.82, 2.24) is 10.1 Å². The number of carboxylic acids is 1. The summed E-state index contributed by atoms with van der Waals surface area (Å²) in [6.07, 6.45) is -0.445. The van der Waals surface area contributed by atoms with Gasteiger partial charge in [0.15, 0.2) is 5.76 Å². The molecule has 22 heavy (non-hydrogen) atoms. The van der Waals surface area contributed by atoms with Crippen molar-refractivity contribution in [2.75, 3.05) is 0 Å². The van der Waals surface area contributed by atoms with Crippen LogP contribution >= 0.6 is 0 Å². The van der Waals surface area contributed by atoms with Gasteiger partial charge in [-0.15, -0.1) is 0 Å². The number of aliphatic carboxylic acids is 1. The molecular formula is C15H18N2O5. The number of aromatic nitrogens is 1. The van der Waals surface area contributed by atoms with Gasteiger partial charge in [0.1, 0.15) is 5.70 Å². The average Bonchev–Trinajstić information content (AvgIpc) is 2.99. The molecule has 3 heterocycles. The third-order valence-corrected chi connectivity index (χ3v) is 4.35. The number of carbonyl (C=O) groups excluding carboxylic acids is 1. The maximum Gasteiger partial charge on any atom is 0.353 e. The molecule has 0 spiro atoms. The molecule has 1 amide bonds. The second-order valence-electron chi connectivity index (χ2n) is 6.15. The van der Waals surface area contributed by atoms with Gasteiger partial charge in [-0.1, -0.05) is 19.0 Å². The van der Waals surface area contributed by atoms with E-state index in [2.05, 4.69) is 5.16 Å². The highest BCUT2D eigenvalue weighted by atomic mass is 16.5. The largest absolute Gasteiger partial charge is 0.477 e. The minimum Gasteiger partial charge on any atom is -0.477 e. The number of fused-ring (bicyclic) bond motifs is 1. The van der Waals surface area contributed by atoms with E-state index in [9.17, 15) is 19.8 Å². The van der Waals surface area contributed by atoms with E-state index in [1.165, 1.54) is 4.90 Å². The SMILES string of the molecule is CC(C)c1cc(C2=C(C(=O)O)N3C(=O)[C@H]([C@@H](C)O)[C@H]3C2)on1. The van der Waals surface area contributed by atoms with Crippen LogP contribution in [-0.2, 0) is 9.59 Å². The molecule has 1 saturated heterocycles. The van der Waals surface area contributed by atoms with E-state index in [0.29, 0.717) is 17.8 Å². The van der Waals surface area contributed by atoms with Crippen LogP contribution in [0.3, 0.4) is 0 Å². The van der Waals surface area contributed by atoms with Gasteiger partial charge < -0.3 is 19.6 Å². The standard InChI is InChI=1S/C15H18N2O5/c1-6(2)9-5-11(22-16-9)8-4-10-12(7(3)18)14(19)17(10)13(8)15(20)21/h5-7,10,12,18H,4H2,1-3H3,(H,20,21)/t7-,10-,12-/m1/s1. The summed E-state index contributed by atoms with van der Waals surface area (Å²) >= 11 is 0. The summed E-state index contributed by atoms with van der Waals surface area (Å²) in [7, 11) is 0. The molecule has 0 bridgehead atoms. The molecule has 1 fully saturated rings. The van der Waals surface area contributed by atoms with E-state index in [4.69, 9.17) is 4.52 Å². The highest BCUT2D eigenvalue weighted by Gasteiger charge is 2.57. The Balaban J connectivity index is 1.99. The van der Waals surface area contributed by atoms with Crippen molar-refractivity contribution in [2.24, 2.45) is 5.92 Å². The smallest absolute Gasteiger partial charge is 0.353 e. The van der Waals surface area contributed by atoms with E-state index in [0.717, 1.165) is 5.69 Å². The third-order valence-electron chi connectivity index (χ3n) is 4.35. The van der Waals surface area contributed by atoms with Gasteiger partial charge in [-0.3, -0.25) is 4.79 Å². The number of β-lactam (4-membered cyclic amide) rings is 1. The molecule has 1 aromatic rings. The lowest BCUT2D eigenvalue weighted by Gasteiger charge is -2.44. The molecule has 2 aliphatic heterocycles. The number of nitrogens with zero attached hydrogens (tertiary/aromatic N) is 2. The molecule has 0 saturated carbocycles. The van der Waals surface area contributed by atoms with Gasteiger partial charge in [0.2, 0.25) is 5.91 Å². The quantitative estimate of drug-likeness (QED) is 0.810. The number of hydrogen-bond acceptors (Lipinski definition) is 5. The Hall–Kier alpha value is -2.15. The number of aliphatic hydroxyl groups is 1. The van der Waals surface area contributed by atoms with E-state index in [-0.39, 0.29) is 23.6 Å². The minimum absolute atomic E-state index is 0.0571. The van der Waals surface area contributed by atoms with Gasteiger partial charge >= 0.3 is 5.97 Å². The van der Waals surface area contributed by atoms with Crippen molar-refractivity contribution >= 4 is 17.4 Å². The van der Waals surface area contributed by atoms with Crippen LogP contribution in [0.5, 0.6) is 0 Å². The molecule has 7 nitrogen and oxygen atoms in total. The third kappa shape index (κ3) is 1.96. The fourth-order valence-electron chi connectivity index (χ4n) is 3.19. The van der Waals surface area contributed by atoms with Gasteiger partial charge in [-0.2, -0.15) is 0 Å². The van der Waals surface area contributed by atoms with E-state index in [1.54, 1.807) is 13.0 Å². The molecule has 0 aliphatic carbocycles. The highest BCUT2D eigenvalue weighted by Crippen LogP contribution is 2.47. The van der Waals surface area contributed by atoms with Gasteiger partial charge in [0.25, 0.3) is 0 Å². The van der Waals surface area contributed by atoms with Crippen molar-refractivity contribution in [3.8, 4) is 0 Å². The lowest BCUT2D eigenvalue weighted by atomic mass is 9.83. The van der Waals surface area contributed by atoms with Crippen LogP contribution in [0.15, 0.2) is 16.3 Å². The maximum absolute atomic E-state index is 12.1. The second-order valence-corrected chi connectivity index (χ2v) is 6.15. The van der Waals surface area contributed by atoms with Crippen LogP contribution in [0.2, 0.25) is 0 Å². The molecule has 7 heteroatoms. The predicted molar refractivity (Wildman–Crippen MR) is 75.6 cm³/mol. The average molecular weight is 306 g/mol. The normalized spacial score (nSPS) is 25.5. The van der Waals surface area contributed by atoms with Gasteiger partial charge in [0.05, 0.1) is 23.8 Å². The second kappa shape index (κ2) is 4.95. The van der Waals surface area contributed by atoms with Gasteiger partial charge in [-0.05, 0) is 12.8 Å². The van der Waals surface area contributed by atoms with Crippen molar-refractivity contribution in [2.45, 2.75) is 45.3 Å². The lowest BCUT2D eigenvalue weighted by Crippen LogP contribution is -2.61. The van der Waals surface area contributed by atoms with Crippen LogP contribution in [0.1, 0.15) is 44.6 Å². The first-order valence-electron chi connectivity index (χ1n) is 7.27. The number of rotatable bonds is 4. The zero-order valence-electron chi connectivity index (χ0n) is 12.6. The van der Waals surface area contributed by atoms with E-state index >= 15 is 0 Å². The Morgan fingerprint density at radius 3 is 2.64 bits per heavy atom. The fourth-order valence-corrected chi connectivity index (χ4v) is 3.19. The minimum atomic E-state index is -1.17. The van der Waals surface area contributed by atoms with Crippen molar-refractivity contribution in [3.63, 3.8) is 0 Å². The summed E-state index contributed by atoms with van der Waals surface area (Å²) < 4.78 is 5.27. The molecule has 3 atom stereocenters. The molecule has 2 N–H and O–H groups in total. The first-order chi connectivity index (χ1) is 10.3.